The summed E-state index contributed by atoms with van der Waals surface area (Å²) in [5.74, 6) is 0.396. The second-order valence-corrected chi connectivity index (χ2v) is 5.77. The summed E-state index contributed by atoms with van der Waals surface area (Å²) >= 11 is 3.46. The molecule has 18 heavy (non-hydrogen) atoms. The van der Waals surface area contributed by atoms with E-state index >= 15 is 0 Å². The zero-order valence-electron chi connectivity index (χ0n) is 10.9. The summed E-state index contributed by atoms with van der Waals surface area (Å²) in [6.07, 6.45) is 1.88. The molecule has 1 aromatic carbocycles. The fourth-order valence-electron chi connectivity index (χ4n) is 2.41. The molecule has 1 aromatic rings. The van der Waals surface area contributed by atoms with Crippen molar-refractivity contribution >= 4 is 27.5 Å². The molecule has 1 amide bonds. The van der Waals surface area contributed by atoms with Crippen molar-refractivity contribution in [3.05, 3.63) is 28.2 Å². The number of amides is 1. The van der Waals surface area contributed by atoms with Crippen LogP contribution in [0.15, 0.2) is 22.7 Å². The van der Waals surface area contributed by atoms with Crippen molar-refractivity contribution < 1.29 is 4.79 Å². The molecule has 1 aliphatic rings. The number of anilines is 1. The highest BCUT2D eigenvalue weighted by molar-refractivity contribution is 9.10. The number of piperidine rings is 1. The molecule has 3 nitrogen and oxygen atoms in total. The second kappa shape index (κ2) is 5.85. The van der Waals surface area contributed by atoms with Crippen molar-refractivity contribution in [2.75, 3.05) is 25.0 Å². The Labute approximate surface area is 117 Å². The number of nitrogens with zero attached hydrogens (tertiary/aromatic N) is 1. The van der Waals surface area contributed by atoms with Gasteiger partial charge in [-0.1, -0.05) is 22.0 Å². The summed E-state index contributed by atoms with van der Waals surface area (Å²) in [5, 5.41) is 3.29. The van der Waals surface area contributed by atoms with Crippen LogP contribution in [-0.4, -0.2) is 26.0 Å². The Morgan fingerprint density at radius 3 is 2.72 bits per heavy atom. The largest absolute Gasteiger partial charge is 0.317 e. The van der Waals surface area contributed by atoms with Crippen LogP contribution < -0.4 is 10.2 Å². The summed E-state index contributed by atoms with van der Waals surface area (Å²) in [4.78, 5) is 14.2. The van der Waals surface area contributed by atoms with Gasteiger partial charge in [0.2, 0.25) is 5.91 Å². The third-order valence-electron chi connectivity index (χ3n) is 3.55. The highest BCUT2D eigenvalue weighted by atomic mass is 79.9. The van der Waals surface area contributed by atoms with Crippen LogP contribution in [0, 0.1) is 12.8 Å². The van der Waals surface area contributed by atoms with Crippen molar-refractivity contribution in [3.8, 4) is 0 Å². The lowest BCUT2D eigenvalue weighted by Crippen LogP contribution is -2.39. The molecule has 1 fully saturated rings. The SMILES string of the molecule is Cc1ccc(Br)cc1N(C)C(=O)C1CCNCC1. The minimum Gasteiger partial charge on any atom is -0.317 e. The molecule has 0 saturated carbocycles. The van der Waals surface area contributed by atoms with E-state index in [2.05, 4.69) is 21.2 Å². The number of halogens is 1. The first-order valence-electron chi connectivity index (χ1n) is 6.34. The lowest BCUT2D eigenvalue weighted by Gasteiger charge is -2.28. The number of nitrogens with one attached hydrogen (secondary N) is 1. The van der Waals surface area contributed by atoms with Gasteiger partial charge in [-0.15, -0.1) is 0 Å². The van der Waals surface area contributed by atoms with E-state index < -0.39 is 0 Å². The maximum Gasteiger partial charge on any atom is 0.229 e. The first-order valence-corrected chi connectivity index (χ1v) is 7.13. The normalized spacial score (nSPS) is 16.6. The average molecular weight is 311 g/mol. The van der Waals surface area contributed by atoms with Crippen molar-refractivity contribution in [1.29, 1.82) is 0 Å². The summed E-state index contributed by atoms with van der Waals surface area (Å²) in [6.45, 7) is 3.93. The zero-order valence-corrected chi connectivity index (χ0v) is 12.5. The molecule has 2 rings (SSSR count). The molecule has 0 atom stereocenters. The van der Waals surface area contributed by atoms with Gasteiger partial charge in [0.05, 0.1) is 0 Å². The van der Waals surface area contributed by atoms with E-state index in [-0.39, 0.29) is 11.8 Å². The topological polar surface area (TPSA) is 32.3 Å². The van der Waals surface area contributed by atoms with E-state index in [9.17, 15) is 4.79 Å². The van der Waals surface area contributed by atoms with Crippen molar-refractivity contribution in [1.82, 2.24) is 5.32 Å². The van der Waals surface area contributed by atoms with Gasteiger partial charge in [0.1, 0.15) is 0 Å². The first-order chi connectivity index (χ1) is 8.59. The van der Waals surface area contributed by atoms with E-state index in [1.54, 1.807) is 4.90 Å². The molecule has 4 heteroatoms. The minimum absolute atomic E-state index is 0.162. The fraction of sp³-hybridized carbons (Fsp3) is 0.500. The minimum atomic E-state index is 0.162. The Morgan fingerprint density at radius 1 is 1.39 bits per heavy atom. The number of rotatable bonds is 2. The van der Waals surface area contributed by atoms with Crippen molar-refractivity contribution in [2.45, 2.75) is 19.8 Å². The predicted molar refractivity (Wildman–Crippen MR) is 77.9 cm³/mol. The lowest BCUT2D eigenvalue weighted by molar-refractivity contribution is -0.122. The van der Waals surface area contributed by atoms with Crippen LogP contribution in [0.25, 0.3) is 0 Å². The molecular weight excluding hydrogens is 292 g/mol. The van der Waals surface area contributed by atoms with Gasteiger partial charge < -0.3 is 10.2 Å². The highest BCUT2D eigenvalue weighted by Gasteiger charge is 2.25. The lowest BCUT2D eigenvalue weighted by atomic mass is 9.96. The maximum atomic E-state index is 12.4. The number of hydrogen-bond donors (Lipinski definition) is 1. The standard InChI is InChI=1S/C14H19BrN2O/c1-10-3-4-12(15)9-13(10)17(2)14(18)11-5-7-16-8-6-11/h3-4,9,11,16H,5-8H2,1-2H3. The third kappa shape index (κ3) is 2.93. The molecule has 0 radical (unpaired) electrons. The Kier molecular flexibility index (Phi) is 4.40. The molecule has 0 unspecified atom stereocenters. The van der Waals surface area contributed by atoms with Gasteiger partial charge in [0.15, 0.2) is 0 Å². The Hall–Kier alpha value is -0.870. The Bertz CT molecular complexity index is 441. The van der Waals surface area contributed by atoms with Gasteiger partial charge in [-0.05, 0) is 50.6 Å². The van der Waals surface area contributed by atoms with Crippen LogP contribution in [0.5, 0.6) is 0 Å². The van der Waals surface area contributed by atoms with Crippen LogP contribution in [0.3, 0.4) is 0 Å². The average Bonchev–Trinajstić information content (AvgIpc) is 2.41. The summed E-state index contributed by atoms with van der Waals surface area (Å²) in [6, 6.07) is 6.04. The maximum absolute atomic E-state index is 12.4. The summed E-state index contributed by atoms with van der Waals surface area (Å²) < 4.78 is 1.01. The number of aryl methyl sites for hydroxylation is 1. The third-order valence-corrected chi connectivity index (χ3v) is 4.04. The highest BCUT2D eigenvalue weighted by Crippen LogP contribution is 2.26. The molecule has 0 aliphatic carbocycles. The number of benzene rings is 1. The quantitative estimate of drug-likeness (QED) is 0.911. The van der Waals surface area contributed by atoms with Gasteiger partial charge in [-0.2, -0.15) is 0 Å². The number of carbonyl (C=O) groups excluding carboxylic acids is 1. The van der Waals surface area contributed by atoms with Crippen LogP contribution in [0.1, 0.15) is 18.4 Å². The number of hydrogen-bond acceptors (Lipinski definition) is 2. The van der Waals surface area contributed by atoms with Gasteiger partial charge in [0.25, 0.3) is 0 Å². The van der Waals surface area contributed by atoms with Gasteiger partial charge in [0, 0.05) is 23.1 Å². The van der Waals surface area contributed by atoms with E-state index in [0.717, 1.165) is 41.7 Å². The molecule has 98 valence electrons. The molecule has 0 aromatic heterocycles. The van der Waals surface area contributed by atoms with Crippen molar-refractivity contribution in [3.63, 3.8) is 0 Å². The molecule has 0 bridgehead atoms. The van der Waals surface area contributed by atoms with Crippen molar-refractivity contribution in [2.24, 2.45) is 5.92 Å². The smallest absolute Gasteiger partial charge is 0.229 e. The van der Waals surface area contributed by atoms with Crippen LogP contribution >= 0.6 is 15.9 Å². The Balaban J connectivity index is 2.16. The molecule has 1 saturated heterocycles. The van der Waals surface area contributed by atoms with Crippen LogP contribution in [0.2, 0.25) is 0 Å². The molecule has 0 spiro atoms. The Morgan fingerprint density at radius 2 is 2.06 bits per heavy atom. The number of carbonyl (C=O) groups is 1. The van der Waals surface area contributed by atoms with Gasteiger partial charge in [-0.25, -0.2) is 0 Å². The van der Waals surface area contributed by atoms with Crippen LogP contribution in [0.4, 0.5) is 5.69 Å². The van der Waals surface area contributed by atoms with Crippen LogP contribution in [-0.2, 0) is 4.79 Å². The second-order valence-electron chi connectivity index (χ2n) is 4.85. The zero-order chi connectivity index (χ0) is 13.1. The van der Waals surface area contributed by atoms with E-state index in [0.29, 0.717) is 0 Å². The summed E-state index contributed by atoms with van der Waals surface area (Å²) in [7, 11) is 1.87. The summed E-state index contributed by atoms with van der Waals surface area (Å²) in [5.41, 5.74) is 2.12. The van der Waals surface area contributed by atoms with E-state index in [4.69, 9.17) is 0 Å². The van der Waals surface area contributed by atoms with E-state index in [1.165, 1.54) is 0 Å². The first kappa shape index (κ1) is 13.6. The molecule has 1 aliphatic heterocycles. The molecule has 1 N–H and O–H groups in total. The fourth-order valence-corrected chi connectivity index (χ4v) is 2.75. The molecule has 1 heterocycles. The monoisotopic (exact) mass is 310 g/mol. The van der Waals surface area contributed by atoms with Gasteiger partial charge >= 0.3 is 0 Å². The molecular formula is C14H19BrN2O. The van der Waals surface area contributed by atoms with E-state index in [1.807, 2.05) is 32.2 Å². The van der Waals surface area contributed by atoms with Gasteiger partial charge in [-0.3, -0.25) is 4.79 Å². The predicted octanol–water partition coefficient (Wildman–Crippen LogP) is 2.72.